The molecule has 3 N–H and O–H groups in total. The van der Waals surface area contributed by atoms with Crippen LogP contribution in [0.2, 0.25) is 0 Å². The number of nitrogens with zero attached hydrogens (tertiary/aromatic N) is 1. The monoisotopic (exact) mass is 700 g/mol. The Hall–Kier alpha value is -6.28. The van der Waals surface area contributed by atoms with Crippen LogP contribution < -0.4 is 16.0 Å². The van der Waals surface area contributed by atoms with Crippen molar-refractivity contribution in [2.45, 2.75) is 10.1 Å². The molecule has 0 radical (unpaired) electrons. The van der Waals surface area contributed by atoms with E-state index in [1.807, 2.05) is 5.32 Å². The van der Waals surface area contributed by atoms with Gasteiger partial charge < -0.3 is 16.0 Å². The van der Waals surface area contributed by atoms with E-state index in [1.54, 1.807) is 72.8 Å². The second-order valence-electron chi connectivity index (χ2n) is 10.4. The van der Waals surface area contributed by atoms with E-state index in [-0.39, 0.29) is 28.7 Å². The molecule has 252 valence electrons. The summed E-state index contributed by atoms with van der Waals surface area (Å²) in [6.07, 6.45) is 1.34. The number of hydrogen-bond donors (Lipinski definition) is 3. The van der Waals surface area contributed by atoms with E-state index >= 15 is 0 Å². The quantitative estimate of drug-likeness (QED) is 0.0320. The largest absolute Gasteiger partial charge is 0.321 e. The first-order valence-electron chi connectivity index (χ1n) is 14.6. The fourth-order valence-corrected chi connectivity index (χ4v) is 5.64. The molecule has 9 nitrogen and oxygen atoms in total. The second-order valence-corrected chi connectivity index (χ2v) is 11.6. The fourth-order valence-electron chi connectivity index (χ4n) is 4.56. The third-order valence-electron chi connectivity index (χ3n) is 6.99. The number of carbonyl (C=O) groups excluding carboxylic acids is 3. The molecule has 1 atom stereocenters. The van der Waals surface area contributed by atoms with Crippen LogP contribution in [0, 0.1) is 33.4 Å². The first kappa shape index (κ1) is 35.0. The van der Waals surface area contributed by atoms with Gasteiger partial charge in [-0.25, -0.2) is 17.6 Å². The molecule has 50 heavy (non-hydrogen) atoms. The van der Waals surface area contributed by atoms with Crippen molar-refractivity contribution in [3.63, 3.8) is 0 Å². The zero-order valence-corrected chi connectivity index (χ0v) is 26.3. The zero-order chi connectivity index (χ0) is 35.8. The van der Waals surface area contributed by atoms with Gasteiger partial charge in [0.25, 0.3) is 17.5 Å². The number of carbonyl (C=O) groups is 3. The van der Waals surface area contributed by atoms with Crippen LogP contribution in [0.5, 0.6) is 0 Å². The minimum Gasteiger partial charge on any atom is -0.321 e. The summed E-state index contributed by atoms with van der Waals surface area (Å²) in [4.78, 5) is 50.8. The number of nitro groups is 1. The van der Waals surface area contributed by atoms with Crippen molar-refractivity contribution >= 4 is 52.6 Å². The minimum absolute atomic E-state index is 0.0309. The van der Waals surface area contributed by atoms with E-state index in [9.17, 15) is 42.1 Å². The Morgan fingerprint density at radius 3 is 1.98 bits per heavy atom. The van der Waals surface area contributed by atoms with Gasteiger partial charge in [0, 0.05) is 34.3 Å². The summed E-state index contributed by atoms with van der Waals surface area (Å²) < 4.78 is 56.5. The molecule has 0 fully saturated rings. The lowest BCUT2D eigenvalue weighted by Crippen LogP contribution is -2.30. The average Bonchev–Trinajstić information content (AvgIpc) is 3.12. The van der Waals surface area contributed by atoms with Crippen LogP contribution >= 0.6 is 11.8 Å². The number of amides is 3. The predicted octanol–water partition coefficient (Wildman–Crippen LogP) is 8.03. The second kappa shape index (κ2) is 15.7. The molecular weight excluding hydrogens is 676 g/mol. The highest BCUT2D eigenvalue weighted by molar-refractivity contribution is 8.00. The van der Waals surface area contributed by atoms with Gasteiger partial charge in [-0.1, -0.05) is 54.6 Å². The van der Waals surface area contributed by atoms with E-state index < -0.39 is 56.9 Å². The first-order valence-corrected chi connectivity index (χ1v) is 15.5. The Labute approximate surface area is 286 Å². The maximum Gasteiger partial charge on any atom is 0.272 e. The number of benzene rings is 5. The van der Waals surface area contributed by atoms with E-state index in [1.165, 1.54) is 42.5 Å². The van der Waals surface area contributed by atoms with Gasteiger partial charge in [-0.2, -0.15) is 0 Å². The van der Waals surface area contributed by atoms with Gasteiger partial charge in [-0.15, -0.1) is 11.8 Å². The van der Waals surface area contributed by atoms with Crippen molar-refractivity contribution in [1.82, 2.24) is 5.32 Å². The molecule has 0 aromatic heterocycles. The molecule has 0 bridgehead atoms. The van der Waals surface area contributed by atoms with Crippen LogP contribution in [-0.2, 0) is 9.59 Å². The fraction of sp³-hybridized carbons (Fsp3) is 0.0278. The molecule has 5 aromatic carbocycles. The molecule has 0 spiro atoms. The van der Waals surface area contributed by atoms with Crippen molar-refractivity contribution < 1.29 is 36.9 Å². The van der Waals surface area contributed by atoms with Gasteiger partial charge in [0.15, 0.2) is 23.3 Å². The summed E-state index contributed by atoms with van der Waals surface area (Å²) in [6.45, 7) is 0. The molecule has 5 rings (SSSR count). The van der Waals surface area contributed by atoms with Gasteiger partial charge in [-0.05, 0) is 59.7 Å². The van der Waals surface area contributed by atoms with Crippen molar-refractivity contribution in [1.29, 1.82) is 0 Å². The summed E-state index contributed by atoms with van der Waals surface area (Å²) in [5.41, 5.74) is -0.394. The van der Waals surface area contributed by atoms with Gasteiger partial charge in [-0.3, -0.25) is 24.5 Å². The van der Waals surface area contributed by atoms with Crippen LogP contribution in [0.25, 0.3) is 6.08 Å². The van der Waals surface area contributed by atoms with Crippen LogP contribution in [0.15, 0.2) is 126 Å². The molecule has 5 aromatic rings. The maximum absolute atomic E-state index is 14.4. The van der Waals surface area contributed by atoms with Crippen molar-refractivity contribution in [2.75, 3.05) is 10.6 Å². The molecule has 0 aliphatic rings. The highest BCUT2D eigenvalue weighted by Gasteiger charge is 2.27. The first-order chi connectivity index (χ1) is 24.0. The number of thioether (sulfide) groups is 1. The number of halogens is 4. The Morgan fingerprint density at radius 2 is 1.36 bits per heavy atom. The number of non-ortho nitro benzene ring substituents is 1. The van der Waals surface area contributed by atoms with Crippen molar-refractivity contribution in [3.8, 4) is 0 Å². The number of hydrogen-bond acceptors (Lipinski definition) is 6. The van der Waals surface area contributed by atoms with E-state index in [0.717, 1.165) is 11.8 Å². The number of rotatable bonds is 11. The summed E-state index contributed by atoms with van der Waals surface area (Å²) in [5, 5.41) is 17.1. The van der Waals surface area contributed by atoms with Gasteiger partial charge in [0.2, 0.25) is 5.91 Å². The van der Waals surface area contributed by atoms with Crippen molar-refractivity contribution in [3.05, 3.63) is 171 Å². The lowest BCUT2D eigenvalue weighted by molar-refractivity contribution is -0.384. The SMILES string of the molecule is O=C(Nc1cccc(SC(C(=O)Nc2c(F)c(F)cc(F)c2F)c2ccccc2)c1)/C(=C\c1ccc([N+](=O)[O-])cc1)NC(=O)c1ccccc1. The molecule has 3 amide bonds. The summed E-state index contributed by atoms with van der Waals surface area (Å²) in [5.74, 6) is -9.25. The highest BCUT2D eigenvalue weighted by atomic mass is 32.2. The molecule has 0 aliphatic carbocycles. The molecule has 0 saturated heterocycles. The molecule has 1 unspecified atom stereocenters. The maximum atomic E-state index is 14.4. The average molecular weight is 701 g/mol. The molecule has 14 heteroatoms. The van der Waals surface area contributed by atoms with Gasteiger partial charge in [0.05, 0.1) is 4.92 Å². The van der Waals surface area contributed by atoms with Crippen molar-refractivity contribution in [2.24, 2.45) is 0 Å². The van der Waals surface area contributed by atoms with Crippen LogP contribution in [0.1, 0.15) is 26.7 Å². The van der Waals surface area contributed by atoms with Crippen LogP contribution in [-0.4, -0.2) is 22.6 Å². The van der Waals surface area contributed by atoms with E-state index in [2.05, 4.69) is 10.6 Å². The van der Waals surface area contributed by atoms with Crippen LogP contribution in [0.4, 0.5) is 34.6 Å². The van der Waals surface area contributed by atoms with Gasteiger partial charge >= 0.3 is 0 Å². The normalized spacial score (nSPS) is 11.7. The number of nitrogens with one attached hydrogen (secondary N) is 3. The Morgan fingerprint density at radius 1 is 0.740 bits per heavy atom. The standard InChI is InChI=1S/C36H24F4N4O5S/c37-27-20-28(38)31(40)32(30(27)39)43-36(47)33(22-8-3-1-4-9-22)50-26-13-7-12-24(19-26)41-35(46)29(42-34(45)23-10-5-2-6-11-23)18-21-14-16-25(17-15-21)44(48)49/h1-20,33H,(H,41,46)(H,42,45)(H,43,47)/b29-18+. The molecule has 0 saturated carbocycles. The molecular formula is C36H24F4N4O5S. The number of nitro benzene ring substituents is 1. The predicted molar refractivity (Wildman–Crippen MR) is 180 cm³/mol. The smallest absolute Gasteiger partial charge is 0.272 e. The zero-order valence-electron chi connectivity index (χ0n) is 25.5. The van der Waals surface area contributed by atoms with E-state index in [4.69, 9.17) is 0 Å². The lowest BCUT2D eigenvalue weighted by atomic mass is 10.1. The third-order valence-corrected chi connectivity index (χ3v) is 8.24. The van der Waals surface area contributed by atoms with Gasteiger partial charge in [0.1, 0.15) is 16.6 Å². The number of anilines is 2. The Bertz CT molecular complexity index is 2070. The molecule has 0 aliphatic heterocycles. The van der Waals surface area contributed by atoms with E-state index in [0.29, 0.717) is 16.0 Å². The Balaban J connectivity index is 1.41. The summed E-state index contributed by atoms with van der Waals surface area (Å²) in [6, 6.07) is 27.7. The minimum atomic E-state index is -1.77. The lowest BCUT2D eigenvalue weighted by Gasteiger charge is -2.18. The highest BCUT2D eigenvalue weighted by Crippen LogP contribution is 2.38. The summed E-state index contributed by atoms with van der Waals surface area (Å²) in [7, 11) is 0. The topological polar surface area (TPSA) is 130 Å². The van der Waals surface area contributed by atoms with Crippen LogP contribution in [0.3, 0.4) is 0 Å². The molecule has 0 heterocycles. The summed E-state index contributed by atoms with van der Waals surface area (Å²) >= 11 is 0.918. The third kappa shape index (κ3) is 8.59. The Kier molecular flexibility index (Phi) is 11.0.